The van der Waals surface area contributed by atoms with Crippen molar-refractivity contribution in [2.24, 2.45) is 0 Å². The van der Waals surface area contributed by atoms with E-state index in [-0.39, 0.29) is 5.91 Å². The molecule has 0 atom stereocenters. The van der Waals surface area contributed by atoms with Gasteiger partial charge in [-0.1, -0.05) is 36.4 Å². The lowest BCUT2D eigenvalue weighted by molar-refractivity contribution is 0.0982. The molecule has 2 aliphatic rings. The predicted molar refractivity (Wildman–Crippen MR) is 97.4 cm³/mol. The molecule has 1 aliphatic carbocycles. The topological polar surface area (TPSA) is 38.1 Å². The Morgan fingerprint density at radius 2 is 1.76 bits per heavy atom. The third-order valence-electron chi connectivity index (χ3n) is 5.08. The van der Waals surface area contributed by atoms with E-state index in [1.54, 1.807) is 0 Å². The van der Waals surface area contributed by atoms with Crippen LogP contribution in [-0.2, 0) is 6.42 Å². The fourth-order valence-electron chi connectivity index (χ4n) is 3.58. The third-order valence-corrected chi connectivity index (χ3v) is 5.08. The Labute approximate surface area is 146 Å². The number of para-hydroxylation sites is 2. The average molecular weight is 329 g/mol. The predicted octanol–water partition coefficient (Wildman–Crippen LogP) is 3.95. The molecule has 1 aromatic heterocycles. The number of amides is 1. The first-order valence-electron chi connectivity index (χ1n) is 8.86. The molecule has 5 rings (SSSR count). The van der Waals surface area contributed by atoms with Gasteiger partial charge in [-0.2, -0.15) is 5.10 Å². The monoisotopic (exact) mass is 329 g/mol. The van der Waals surface area contributed by atoms with E-state index in [4.69, 9.17) is 5.10 Å². The van der Waals surface area contributed by atoms with Crippen LogP contribution in [0.15, 0.2) is 60.7 Å². The first-order valence-corrected chi connectivity index (χ1v) is 8.86. The number of benzene rings is 2. The summed E-state index contributed by atoms with van der Waals surface area (Å²) in [6.45, 7) is 0.733. The number of carbonyl (C=O) groups is 1. The van der Waals surface area contributed by atoms with E-state index in [1.807, 2.05) is 64.2 Å². The van der Waals surface area contributed by atoms with Crippen LogP contribution in [-0.4, -0.2) is 22.2 Å². The zero-order chi connectivity index (χ0) is 16.8. The molecule has 2 heterocycles. The molecule has 0 radical (unpaired) electrons. The highest BCUT2D eigenvalue weighted by atomic mass is 16.2. The molecule has 0 N–H and O–H groups in total. The molecule has 0 spiro atoms. The fourth-order valence-corrected chi connectivity index (χ4v) is 3.58. The minimum Gasteiger partial charge on any atom is -0.306 e. The van der Waals surface area contributed by atoms with Crippen molar-refractivity contribution in [2.45, 2.75) is 25.2 Å². The highest BCUT2D eigenvalue weighted by molar-refractivity contribution is 6.06. The van der Waals surface area contributed by atoms with Crippen molar-refractivity contribution in [3.63, 3.8) is 0 Å². The van der Waals surface area contributed by atoms with E-state index in [0.29, 0.717) is 11.6 Å². The van der Waals surface area contributed by atoms with E-state index < -0.39 is 0 Å². The molecular formula is C21H19N3O. The van der Waals surface area contributed by atoms with Gasteiger partial charge >= 0.3 is 0 Å². The molecule has 25 heavy (non-hydrogen) atoms. The van der Waals surface area contributed by atoms with Gasteiger partial charge in [0.2, 0.25) is 0 Å². The zero-order valence-electron chi connectivity index (χ0n) is 13.9. The highest BCUT2D eigenvalue weighted by Crippen LogP contribution is 2.40. The Bertz CT molecular complexity index is 941. The molecule has 0 saturated heterocycles. The van der Waals surface area contributed by atoms with Gasteiger partial charge in [0.15, 0.2) is 0 Å². The Morgan fingerprint density at radius 1 is 1.00 bits per heavy atom. The molecule has 1 fully saturated rings. The highest BCUT2D eigenvalue weighted by Gasteiger charge is 2.32. The van der Waals surface area contributed by atoms with Crippen LogP contribution in [0.4, 0.5) is 5.69 Å². The maximum atomic E-state index is 13.3. The summed E-state index contributed by atoms with van der Waals surface area (Å²) < 4.78 is 1.82. The largest absolute Gasteiger partial charge is 0.306 e. The van der Waals surface area contributed by atoms with Crippen molar-refractivity contribution in [3.8, 4) is 5.69 Å². The van der Waals surface area contributed by atoms with Crippen LogP contribution in [0.2, 0.25) is 0 Å². The first kappa shape index (κ1) is 14.5. The first-order chi connectivity index (χ1) is 12.3. The minimum atomic E-state index is 0.0354. The molecule has 1 aliphatic heterocycles. The lowest BCUT2D eigenvalue weighted by Crippen LogP contribution is -2.30. The molecule has 0 unspecified atom stereocenters. The molecule has 124 valence electrons. The van der Waals surface area contributed by atoms with Gasteiger partial charge in [-0.05, 0) is 49.1 Å². The fraction of sp³-hybridized carbons (Fsp3) is 0.238. The molecule has 3 aromatic rings. The van der Waals surface area contributed by atoms with Gasteiger partial charge in [0.25, 0.3) is 5.91 Å². The molecule has 4 heteroatoms. The number of anilines is 1. The van der Waals surface area contributed by atoms with Crippen LogP contribution >= 0.6 is 0 Å². The summed E-state index contributed by atoms with van der Waals surface area (Å²) in [7, 11) is 0. The van der Waals surface area contributed by atoms with E-state index in [1.165, 1.54) is 18.4 Å². The summed E-state index contributed by atoms with van der Waals surface area (Å²) in [5.41, 5.74) is 4.90. The number of nitrogens with zero attached hydrogens (tertiary/aromatic N) is 3. The number of hydrogen-bond acceptors (Lipinski definition) is 2. The molecule has 4 nitrogen and oxygen atoms in total. The van der Waals surface area contributed by atoms with Crippen LogP contribution < -0.4 is 4.90 Å². The third kappa shape index (κ3) is 2.45. The Hall–Kier alpha value is -2.88. The number of fused-ring (bicyclic) bond motifs is 1. The number of hydrogen-bond donors (Lipinski definition) is 0. The Kier molecular flexibility index (Phi) is 3.23. The summed E-state index contributed by atoms with van der Waals surface area (Å²) in [6.07, 6.45) is 3.26. The molecular weight excluding hydrogens is 310 g/mol. The van der Waals surface area contributed by atoms with Crippen LogP contribution in [0.25, 0.3) is 5.69 Å². The van der Waals surface area contributed by atoms with Crippen molar-refractivity contribution in [2.75, 3.05) is 11.4 Å². The summed E-state index contributed by atoms with van der Waals surface area (Å²) in [6, 6.07) is 20.1. The maximum absolute atomic E-state index is 13.3. The average Bonchev–Trinajstić information content (AvgIpc) is 3.27. The smallest absolute Gasteiger partial charge is 0.277 e. The van der Waals surface area contributed by atoms with Gasteiger partial charge < -0.3 is 4.90 Å². The number of rotatable bonds is 3. The van der Waals surface area contributed by atoms with Crippen molar-refractivity contribution in [1.82, 2.24) is 9.78 Å². The minimum absolute atomic E-state index is 0.0354. The molecule has 2 aromatic carbocycles. The Morgan fingerprint density at radius 3 is 2.56 bits per heavy atom. The van der Waals surface area contributed by atoms with Gasteiger partial charge in [-0.15, -0.1) is 0 Å². The second kappa shape index (κ2) is 5.59. The Balaban J connectivity index is 1.58. The molecule has 1 saturated carbocycles. The number of carbonyl (C=O) groups excluding carboxylic acids is 1. The molecule has 0 bridgehead atoms. The van der Waals surface area contributed by atoms with E-state index in [9.17, 15) is 4.79 Å². The van der Waals surface area contributed by atoms with Crippen LogP contribution in [0.3, 0.4) is 0 Å². The lowest BCUT2D eigenvalue weighted by Gasteiger charge is -2.18. The second-order valence-corrected chi connectivity index (χ2v) is 6.81. The second-order valence-electron chi connectivity index (χ2n) is 6.81. The van der Waals surface area contributed by atoms with Crippen molar-refractivity contribution in [3.05, 3.63) is 77.6 Å². The van der Waals surface area contributed by atoms with Crippen molar-refractivity contribution < 1.29 is 4.79 Å². The summed E-state index contributed by atoms with van der Waals surface area (Å²) >= 11 is 0. The van der Waals surface area contributed by atoms with Gasteiger partial charge in [0, 0.05) is 18.2 Å². The lowest BCUT2D eigenvalue weighted by atomic mass is 10.2. The zero-order valence-corrected chi connectivity index (χ0v) is 13.9. The summed E-state index contributed by atoms with van der Waals surface area (Å²) in [5.74, 6) is 0.551. The summed E-state index contributed by atoms with van der Waals surface area (Å²) in [4.78, 5) is 15.2. The summed E-state index contributed by atoms with van der Waals surface area (Å²) in [5, 5.41) is 4.76. The SMILES string of the molecule is O=C(c1cc(C2CC2)nn1-c1ccccc1)N1CCc2ccccc21. The van der Waals surface area contributed by atoms with Crippen LogP contribution in [0.5, 0.6) is 0 Å². The maximum Gasteiger partial charge on any atom is 0.277 e. The van der Waals surface area contributed by atoms with Crippen molar-refractivity contribution >= 4 is 11.6 Å². The van der Waals surface area contributed by atoms with Gasteiger partial charge in [0.1, 0.15) is 5.69 Å². The van der Waals surface area contributed by atoms with Gasteiger partial charge in [-0.3, -0.25) is 4.79 Å². The standard InChI is InChI=1S/C21H19N3O/c25-21(23-13-12-16-6-4-5-9-19(16)23)20-14-18(15-10-11-15)22-24(20)17-7-2-1-3-8-17/h1-9,14-15H,10-13H2. The van der Waals surface area contributed by atoms with E-state index >= 15 is 0 Å². The number of aromatic nitrogens is 2. The van der Waals surface area contributed by atoms with Gasteiger partial charge in [0.05, 0.1) is 11.4 Å². The van der Waals surface area contributed by atoms with E-state index in [2.05, 4.69) is 6.07 Å². The van der Waals surface area contributed by atoms with Crippen LogP contribution in [0.1, 0.15) is 40.5 Å². The normalized spacial score (nSPS) is 16.1. The molecule has 1 amide bonds. The van der Waals surface area contributed by atoms with Crippen LogP contribution in [0, 0.1) is 0 Å². The van der Waals surface area contributed by atoms with E-state index in [0.717, 1.165) is 30.0 Å². The van der Waals surface area contributed by atoms with Crippen molar-refractivity contribution in [1.29, 1.82) is 0 Å². The van der Waals surface area contributed by atoms with Gasteiger partial charge in [-0.25, -0.2) is 4.68 Å². The quantitative estimate of drug-likeness (QED) is 0.730.